The average molecular weight is 575 g/mol. The van der Waals surface area contributed by atoms with Crippen LogP contribution < -0.4 is 15.0 Å². The Bertz CT molecular complexity index is 1530. The molecule has 216 valence electrons. The van der Waals surface area contributed by atoms with E-state index in [1.807, 2.05) is 4.90 Å². The molecule has 0 atom stereocenters. The van der Waals surface area contributed by atoms with Crippen molar-refractivity contribution in [3.63, 3.8) is 0 Å². The van der Waals surface area contributed by atoms with Crippen molar-refractivity contribution in [2.75, 3.05) is 43.5 Å². The maximum Gasteiger partial charge on any atom is 0.387 e. The van der Waals surface area contributed by atoms with Gasteiger partial charge < -0.3 is 29.5 Å². The Kier molecular flexibility index (Phi) is 8.14. The van der Waals surface area contributed by atoms with E-state index < -0.39 is 24.2 Å². The minimum Gasteiger partial charge on any atom is -0.432 e. The Morgan fingerprint density at radius 1 is 1.15 bits per heavy atom. The molecule has 1 fully saturated rings. The van der Waals surface area contributed by atoms with Gasteiger partial charge in [0.15, 0.2) is 11.6 Å². The predicted octanol–water partition coefficient (Wildman–Crippen LogP) is 3.75. The van der Waals surface area contributed by atoms with E-state index in [0.717, 1.165) is 6.07 Å². The van der Waals surface area contributed by atoms with E-state index in [2.05, 4.69) is 30.0 Å². The predicted molar refractivity (Wildman–Crippen MR) is 140 cm³/mol. The van der Waals surface area contributed by atoms with Crippen LogP contribution in [-0.2, 0) is 0 Å². The Balaban J connectivity index is 1.31. The van der Waals surface area contributed by atoms with Crippen LogP contribution in [0.4, 0.5) is 35.0 Å². The number of nitrogens with zero attached hydrogens (tertiary/aromatic N) is 7. The van der Waals surface area contributed by atoms with Gasteiger partial charge in [0.1, 0.15) is 23.6 Å². The standard InChI is InChI=1S/C26H26F4N8O3/c1-36(8-9-39)24(40)15-2-3-20(18(27)10-15)35-22-21-19(28)13-38(23(21)34-14-33-22)16-4-6-37(7-5-16)26-31-11-17(12-32-26)41-25(29)30/h2-3,10-14,16,25,39H,4-9H2,1H3,(H,33,34,35). The van der Waals surface area contributed by atoms with Crippen molar-refractivity contribution < 1.29 is 32.2 Å². The summed E-state index contributed by atoms with van der Waals surface area (Å²) in [5.41, 5.74) is 0.432. The molecule has 0 aliphatic carbocycles. The molecule has 15 heteroatoms. The minimum absolute atomic E-state index is 0.00297. The van der Waals surface area contributed by atoms with Gasteiger partial charge in [-0.25, -0.2) is 28.7 Å². The molecule has 1 saturated heterocycles. The zero-order chi connectivity index (χ0) is 29.1. The highest BCUT2D eigenvalue weighted by molar-refractivity contribution is 5.95. The van der Waals surface area contributed by atoms with E-state index in [0.29, 0.717) is 37.5 Å². The van der Waals surface area contributed by atoms with Crippen molar-refractivity contribution in [3.05, 3.63) is 60.3 Å². The lowest BCUT2D eigenvalue weighted by molar-refractivity contribution is -0.0503. The highest BCUT2D eigenvalue weighted by Crippen LogP contribution is 2.33. The molecule has 1 aliphatic heterocycles. The first-order chi connectivity index (χ1) is 19.7. The molecule has 1 aliphatic rings. The number of piperidine rings is 1. The number of rotatable bonds is 9. The zero-order valence-corrected chi connectivity index (χ0v) is 21.8. The lowest BCUT2D eigenvalue weighted by Gasteiger charge is -2.32. The number of carbonyl (C=O) groups excluding carboxylic acids is 1. The Morgan fingerprint density at radius 3 is 2.54 bits per heavy atom. The Hall–Kier alpha value is -4.53. The van der Waals surface area contributed by atoms with E-state index >= 15 is 4.39 Å². The number of aliphatic hydroxyl groups is 1. The first kappa shape index (κ1) is 28.0. The van der Waals surface area contributed by atoms with Crippen LogP contribution in [-0.4, -0.2) is 80.3 Å². The number of halogens is 4. The number of aromatic nitrogens is 5. The molecule has 4 aromatic rings. The minimum atomic E-state index is -2.96. The van der Waals surface area contributed by atoms with Crippen LogP contribution in [0.2, 0.25) is 0 Å². The van der Waals surface area contributed by atoms with E-state index in [-0.39, 0.29) is 47.4 Å². The largest absolute Gasteiger partial charge is 0.432 e. The fourth-order valence-electron chi connectivity index (χ4n) is 4.74. The number of alkyl halides is 2. The topological polar surface area (TPSA) is 122 Å². The number of nitrogens with one attached hydrogen (secondary N) is 1. The lowest BCUT2D eigenvalue weighted by Crippen LogP contribution is -2.35. The number of ether oxygens (including phenoxy) is 1. The summed E-state index contributed by atoms with van der Waals surface area (Å²) in [4.78, 5) is 32.2. The Morgan fingerprint density at radius 2 is 1.88 bits per heavy atom. The van der Waals surface area contributed by atoms with Crippen LogP contribution in [0.15, 0.2) is 43.1 Å². The van der Waals surface area contributed by atoms with Crippen molar-refractivity contribution in [3.8, 4) is 5.75 Å². The van der Waals surface area contributed by atoms with Crippen LogP contribution in [0.25, 0.3) is 11.0 Å². The monoisotopic (exact) mass is 574 g/mol. The number of fused-ring (bicyclic) bond motifs is 1. The third-order valence-electron chi connectivity index (χ3n) is 6.79. The quantitative estimate of drug-likeness (QED) is 0.288. The highest BCUT2D eigenvalue weighted by atomic mass is 19.3. The van der Waals surface area contributed by atoms with E-state index in [1.165, 1.54) is 49.0 Å². The van der Waals surface area contributed by atoms with Gasteiger partial charge in [0.05, 0.1) is 30.1 Å². The normalized spacial score (nSPS) is 14.1. The van der Waals surface area contributed by atoms with Gasteiger partial charge in [0, 0.05) is 44.5 Å². The number of amides is 1. The number of likely N-dealkylation sites (N-methyl/N-ethyl adjacent to an activating group) is 1. The maximum atomic E-state index is 15.2. The van der Waals surface area contributed by atoms with E-state index in [9.17, 15) is 18.0 Å². The first-order valence-corrected chi connectivity index (χ1v) is 12.7. The molecule has 0 radical (unpaired) electrons. The summed E-state index contributed by atoms with van der Waals surface area (Å²) >= 11 is 0. The highest BCUT2D eigenvalue weighted by Gasteiger charge is 2.26. The molecule has 5 rings (SSSR count). The average Bonchev–Trinajstić information content (AvgIpc) is 3.31. The lowest BCUT2D eigenvalue weighted by atomic mass is 10.1. The van der Waals surface area contributed by atoms with Gasteiger partial charge in [0.25, 0.3) is 5.91 Å². The molecule has 1 aromatic carbocycles. The van der Waals surface area contributed by atoms with E-state index in [1.54, 1.807) is 4.57 Å². The third kappa shape index (κ3) is 5.99. The van der Waals surface area contributed by atoms with E-state index in [4.69, 9.17) is 5.11 Å². The van der Waals surface area contributed by atoms with Crippen LogP contribution in [0, 0.1) is 11.6 Å². The summed E-state index contributed by atoms with van der Waals surface area (Å²) in [6.07, 6.45) is 6.17. The molecule has 3 aromatic heterocycles. The second-order valence-corrected chi connectivity index (χ2v) is 9.39. The second kappa shape index (κ2) is 11.9. The molecule has 4 heterocycles. The van der Waals surface area contributed by atoms with Crippen molar-refractivity contribution >= 4 is 34.4 Å². The molecule has 11 nitrogen and oxygen atoms in total. The molecule has 1 amide bonds. The van der Waals surface area contributed by atoms with Gasteiger partial charge in [-0.15, -0.1) is 0 Å². The molecule has 0 unspecified atom stereocenters. The van der Waals surface area contributed by atoms with Crippen LogP contribution in [0.3, 0.4) is 0 Å². The molecule has 0 saturated carbocycles. The SMILES string of the molecule is CN(CCO)C(=O)c1ccc(Nc2ncnc3c2c(F)cn3C2CCN(c3ncc(OC(F)F)cn3)CC2)c(F)c1. The number of carbonyl (C=O) groups is 1. The smallest absolute Gasteiger partial charge is 0.387 e. The van der Waals surface area contributed by atoms with Crippen molar-refractivity contribution in [1.82, 2.24) is 29.4 Å². The molecule has 41 heavy (non-hydrogen) atoms. The number of anilines is 3. The molecule has 0 spiro atoms. The van der Waals surface area contributed by atoms with Gasteiger partial charge in [-0.1, -0.05) is 0 Å². The summed E-state index contributed by atoms with van der Waals surface area (Å²) in [5.74, 6) is -1.46. The zero-order valence-electron chi connectivity index (χ0n) is 21.8. The van der Waals surface area contributed by atoms with Crippen LogP contribution in [0.1, 0.15) is 29.2 Å². The number of hydrogen-bond acceptors (Lipinski definition) is 9. The van der Waals surface area contributed by atoms with Gasteiger partial charge in [-0.05, 0) is 31.0 Å². The van der Waals surface area contributed by atoms with Crippen LogP contribution >= 0.6 is 0 Å². The fraction of sp³-hybridized carbons (Fsp3) is 0.346. The van der Waals surface area contributed by atoms with Gasteiger partial charge in [-0.2, -0.15) is 8.78 Å². The third-order valence-corrected chi connectivity index (χ3v) is 6.79. The first-order valence-electron chi connectivity index (χ1n) is 12.7. The van der Waals surface area contributed by atoms with Crippen LogP contribution in [0.5, 0.6) is 5.75 Å². The summed E-state index contributed by atoms with van der Waals surface area (Å²) in [7, 11) is 1.50. The molecule has 0 bridgehead atoms. The summed E-state index contributed by atoms with van der Waals surface area (Å²) in [6, 6.07) is 3.75. The van der Waals surface area contributed by atoms with Gasteiger partial charge in [-0.3, -0.25) is 4.79 Å². The van der Waals surface area contributed by atoms with Crippen molar-refractivity contribution in [1.29, 1.82) is 0 Å². The Labute approximate surface area is 231 Å². The summed E-state index contributed by atoms with van der Waals surface area (Å²) < 4.78 is 60.9. The number of hydrogen-bond donors (Lipinski definition) is 2. The number of benzene rings is 1. The molecular weight excluding hydrogens is 548 g/mol. The van der Waals surface area contributed by atoms with Crippen molar-refractivity contribution in [2.45, 2.75) is 25.5 Å². The second-order valence-electron chi connectivity index (χ2n) is 9.39. The fourth-order valence-corrected chi connectivity index (χ4v) is 4.74. The molecular formula is C26H26F4N8O3. The maximum absolute atomic E-state index is 15.2. The summed E-state index contributed by atoms with van der Waals surface area (Å²) in [5, 5.41) is 11.9. The van der Waals surface area contributed by atoms with Crippen molar-refractivity contribution in [2.24, 2.45) is 0 Å². The van der Waals surface area contributed by atoms with Gasteiger partial charge in [0.2, 0.25) is 5.95 Å². The summed E-state index contributed by atoms with van der Waals surface area (Å²) in [6.45, 7) is -2.02. The van der Waals surface area contributed by atoms with Gasteiger partial charge >= 0.3 is 6.61 Å². The number of aliphatic hydroxyl groups excluding tert-OH is 1. The molecule has 2 N–H and O–H groups in total.